The van der Waals surface area contributed by atoms with Crippen molar-refractivity contribution in [2.24, 2.45) is 5.14 Å². The van der Waals surface area contributed by atoms with E-state index in [-0.39, 0.29) is 16.2 Å². The highest BCUT2D eigenvalue weighted by Crippen LogP contribution is 2.44. The minimum Gasteiger partial charge on any atom is -0.507 e. The number of thiophene rings is 1. The summed E-state index contributed by atoms with van der Waals surface area (Å²) in [6.07, 6.45) is 0. The number of nitrogens with two attached hydrogens (primary N) is 1. The molecule has 33 heavy (non-hydrogen) atoms. The number of rotatable bonds is 5. The molecule has 1 fully saturated rings. The largest absolute Gasteiger partial charge is 0.507 e. The molecule has 1 atom stereocenters. The fourth-order valence-electron chi connectivity index (χ4n) is 3.79. The molecule has 4 rings (SSSR count). The van der Waals surface area contributed by atoms with Crippen LogP contribution in [0.2, 0.25) is 0 Å². The third kappa shape index (κ3) is 4.04. The maximum atomic E-state index is 13.1. The molecule has 3 N–H and O–H groups in total. The highest BCUT2D eigenvalue weighted by molar-refractivity contribution is 7.89. The van der Waals surface area contributed by atoms with Gasteiger partial charge in [-0.2, -0.15) is 0 Å². The monoisotopic (exact) mass is 484 g/mol. The Labute approximate surface area is 194 Å². The van der Waals surface area contributed by atoms with Gasteiger partial charge in [-0.3, -0.25) is 14.5 Å². The molecule has 1 amide bonds. The van der Waals surface area contributed by atoms with Gasteiger partial charge in [0.1, 0.15) is 17.6 Å². The number of carbonyl (C=O) groups is 2. The summed E-state index contributed by atoms with van der Waals surface area (Å²) >= 11 is 1.33. The van der Waals surface area contributed by atoms with E-state index in [0.717, 1.165) is 0 Å². The van der Waals surface area contributed by atoms with Crippen LogP contribution in [0.15, 0.2) is 70.4 Å². The van der Waals surface area contributed by atoms with Gasteiger partial charge in [-0.05, 0) is 66.4 Å². The maximum absolute atomic E-state index is 13.1. The van der Waals surface area contributed by atoms with Crippen LogP contribution in [-0.4, -0.2) is 32.3 Å². The number of primary sulfonamides is 1. The van der Waals surface area contributed by atoms with Gasteiger partial charge in [-0.25, -0.2) is 13.6 Å². The van der Waals surface area contributed by atoms with E-state index in [1.807, 2.05) is 0 Å². The van der Waals surface area contributed by atoms with Crippen molar-refractivity contribution in [3.63, 3.8) is 0 Å². The zero-order valence-electron chi connectivity index (χ0n) is 17.7. The Hall–Kier alpha value is -3.47. The molecule has 2 heterocycles. The van der Waals surface area contributed by atoms with E-state index in [2.05, 4.69) is 0 Å². The summed E-state index contributed by atoms with van der Waals surface area (Å²) in [5, 5.41) is 18.2. The summed E-state index contributed by atoms with van der Waals surface area (Å²) < 4.78 is 28.4. The number of carbonyl (C=O) groups excluding carboxylic acids is 2. The lowest BCUT2D eigenvalue weighted by molar-refractivity contribution is -0.132. The van der Waals surface area contributed by atoms with Crippen molar-refractivity contribution in [3.8, 4) is 5.75 Å². The number of amides is 1. The van der Waals surface area contributed by atoms with Crippen LogP contribution >= 0.6 is 11.3 Å². The minimum absolute atomic E-state index is 0.0498. The number of aliphatic hydroxyl groups is 1. The van der Waals surface area contributed by atoms with E-state index in [1.54, 1.807) is 42.6 Å². The Balaban J connectivity index is 1.89. The number of benzene rings is 2. The Bertz CT molecular complexity index is 1380. The van der Waals surface area contributed by atoms with Crippen LogP contribution in [0.25, 0.3) is 5.76 Å². The average Bonchev–Trinajstić information content (AvgIpc) is 3.40. The normalized spacial score (nSPS) is 18.0. The van der Waals surface area contributed by atoms with Crippen LogP contribution in [0.3, 0.4) is 0 Å². The summed E-state index contributed by atoms with van der Waals surface area (Å²) in [6.45, 7) is 1.76. The summed E-state index contributed by atoms with van der Waals surface area (Å²) in [5.41, 5.74) is 1.32. The van der Waals surface area contributed by atoms with Gasteiger partial charge in [0.05, 0.1) is 17.6 Å². The van der Waals surface area contributed by atoms with Gasteiger partial charge in [0, 0.05) is 16.1 Å². The van der Waals surface area contributed by atoms with Crippen LogP contribution in [0, 0.1) is 6.92 Å². The van der Waals surface area contributed by atoms with E-state index in [0.29, 0.717) is 27.4 Å². The fourth-order valence-corrected chi connectivity index (χ4v) is 5.12. The van der Waals surface area contributed by atoms with E-state index >= 15 is 0 Å². The van der Waals surface area contributed by atoms with Crippen molar-refractivity contribution < 1.29 is 27.9 Å². The second kappa shape index (κ2) is 8.47. The zero-order chi connectivity index (χ0) is 23.9. The molecule has 1 aliphatic rings. The van der Waals surface area contributed by atoms with E-state index in [9.17, 15) is 23.1 Å². The number of aliphatic hydroxyl groups excluding tert-OH is 1. The van der Waals surface area contributed by atoms with Crippen molar-refractivity contribution in [1.29, 1.82) is 0 Å². The summed E-state index contributed by atoms with van der Waals surface area (Å²) in [5.74, 6) is -1.37. The van der Waals surface area contributed by atoms with Gasteiger partial charge < -0.3 is 9.84 Å². The third-order valence-electron chi connectivity index (χ3n) is 5.39. The molecular weight excluding hydrogens is 464 g/mol. The number of Topliss-reactive ketones (excluding diaryl/α,β-unsaturated/α-hetero) is 1. The molecule has 2 aromatic carbocycles. The number of nitrogens with zero attached hydrogens (tertiary/aromatic N) is 1. The van der Waals surface area contributed by atoms with Gasteiger partial charge in [0.25, 0.3) is 11.7 Å². The topological polar surface area (TPSA) is 127 Å². The number of aryl methyl sites for hydroxylation is 1. The smallest absolute Gasteiger partial charge is 0.300 e. The lowest BCUT2D eigenvalue weighted by atomic mass is 9.97. The lowest BCUT2D eigenvalue weighted by Crippen LogP contribution is -2.29. The quantitative estimate of drug-likeness (QED) is 0.325. The molecule has 1 aliphatic heterocycles. The predicted molar refractivity (Wildman–Crippen MR) is 125 cm³/mol. The third-order valence-corrected chi connectivity index (χ3v) is 7.24. The van der Waals surface area contributed by atoms with Crippen LogP contribution in [0.4, 0.5) is 5.69 Å². The highest BCUT2D eigenvalue weighted by atomic mass is 32.2. The molecule has 1 aromatic heterocycles. The fraction of sp³-hybridized carbons (Fsp3) is 0.130. The van der Waals surface area contributed by atoms with E-state index < -0.39 is 27.8 Å². The van der Waals surface area contributed by atoms with Crippen molar-refractivity contribution in [3.05, 3.63) is 81.6 Å². The first kappa shape index (κ1) is 22.7. The first-order chi connectivity index (χ1) is 15.6. The number of sulfonamides is 1. The molecule has 0 aliphatic carbocycles. The minimum atomic E-state index is -3.92. The number of ketones is 1. The van der Waals surface area contributed by atoms with Gasteiger partial charge in [0.2, 0.25) is 10.0 Å². The number of ether oxygens (including phenoxy) is 1. The van der Waals surface area contributed by atoms with Crippen LogP contribution in [0.5, 0.6) is 5.75 Å². The maximum Gasteiger partial charge on any atom is 0.300 e. The molecule has 3 aromatic rings. The van der Waals surface area contributed by atoms with Crippen LogP contribution in [-0.2, 0) is 19.6 Å². The number of hydrogen-bond donors (Lipinski definition) is 2. The summed E-state index contributed by atoms with van der Waals surface area (Å²) in [7, 11) is -2.40. The zero-order valence-corrected chi connectivity index (χ0v) is 19.3. The van der Waals surface area contributed by atoms with Gasteiger partial charge >= 0.3 is 0 Å². The Morgan fingerprint density at radius 1 is 1.12 bits per heavy atom. The molecule has 1 saturated heterocycles. The molecule has 170 valence electrons. The Morgan fingerprint density at radius 2 is 1.82 bits per heavy atom. The Kier molecular flexibility index (Phi) is 5.83. The van der Waals surface area contributed by atoms with E-state index in [4.69, 9.17) is 9.88 Å². The lowest BCUT2D eigenvalue weighted by Gasteiger charge is -2.24. The van der Waals surface area contributed by atoms with E-state index in [1.165, 1.54) is 47.6 Å². The second-order valence-corrected chi connectivity index (χ2v) is 9.94. The molecule has 0 bridgehead atoms. The van der Waals surface area contributed by atoms with Gasteiger partial charge in [-0.15, -0.1) is 11.3 Å². The summed E-state index contributed by atoms with van der Waals surface area (Å²) in [6, 6.07) is 13.0. The van der Waals surface area contributed by atoms with Gasteiger partial charge in [-0.1, -0.05) is 6.07 Å². The molecule has 8 nitrogen and oxygen atoms in total. The number of hydrogen-bond acceptors (Lipinski definition) is 7. The highest BCUT2D eigenvalue weighted by Gasteiger charge is 2.47. The Morgan fingerprint density at radius 3 is 2.36 bits per heavy atom. The average molecular weight is 485 g/mol. The van der Waals surface area contributed by atoms with Crippen LogP contribution < -0.4 is 14.8 Å². The SMILES string of the molecule is COc1ccc(/C(O)=C2/C(=O)C(=O)N(c3ccc(S(N)(=O)=O)cc3)C2c2cccs2)c(C)c1. The molecule has 10 heteroatoms. The standard InChI is InChI=1S/C23H20N2O6S2/c1-13-12-15(31-2)7-10-17(13)21(26)19-20(18-4-3-11-32-18)25(23(28)22(19)27)14-5-8-16(9-6-14)33(24,29)30/h3-12,20,26H,1-2H3,(H2,24,29,30)/b21-19-. The van der Waals surface area contributed by atoms with Crippen molar-refractivity contribution >= 4 is 44.5 Å². The van der Waals surface area contributed by atoms with Crippen molar-refractivity contribution in [2.75, 3.05) is 12.0 Å². The van der Waals surface area contributed by atoms with Crippen molar-refractivity contribution in [1.82, 2.24) is 0 Å². The first-order valence-electron chi connectivity index (χ1n) is 9.75. The second-order valence-electron chi connectivity index (χ2n) is 7.40. The number of anilines is 1. The van der Waals surface area contributed by atoms with Gasteiger partial charge in [0.15, 0.2) is 0 Å². The molecule has 0 saturated carbocycles. The number of methoxy groups -OCH3 is 1. The van der Waals surface area contributed by atoms with Crippen molar-refractivity contribution in [2.45, 2.75) is 17.9 Å². The molecule has 1 unspecified atom stereocenters. The first-order valence-corrected chi connectivity index (χ1v) is 12.2. The molecule has 0 radical (unpaired) electrons. The predicted octanol–water partition coefficient (Wildman–Crippen LogP) is 3.34. The molecular formula is C23H20N2O6S2. The van der Waals surface area contributed by atoms with Crippen LogP contribution in [0.1, 0.15) is 22.0 Å². The summed E-state index contributed by atoms with van der Waals surface area (Å²) in [4.78, 5) is 28.0. The molecule has 0 spiro atoms.